The van der Waals surface area contributed by atoms with Gasteiger partial charge in [-0.1, -0.05) is 42.8 Å². The molecule has 3 heteroatoms. The van der Waals surface area contributed by atoms with Crippen LogP contribution in [0.25, 0.3) is 0 Å². The first-order valence-electron chi connectivity index (χ1n) is 8.91. The van der Waals surface area contributed by atoms with Crippen molar-refractivity contribution < 1.29 is 9.47 Å². The lowest BCUT2D eigenvalue weighted by Gasteiger charge is -2.37. The summed E-state index contributed by atoms with van der Waals surface area (Å²) in [6.45, 7) is 3.76. The highest BCUT2D eigenvalue weighted by Gasteiger charge is 2.32. The number of allylic oxidation sites excluding steroid dienone is 1. The van der Waals surface area contributed by atoms with Crippen molar-refractivity contribution in [2.75, 3.05) is 13.2 Å². The number of hydrogen-bond donors (Lipinski definition) is 0. The lowest BCUT2D eigenvalue weighted by molar-refractivity contribution is -0.222. The molecule has 1 heterocycles. The quantitative estimate of drug-likeness (QED) is 0.670. The monoisotopic (exact) mass is 334 g/mol. The Balaban J connectivity index is 1.46. The molecule has 0 aromatic heterocycles. The molecule has 0 radical (unpaired) electrons. The molecule has 0 spiro atoms. The van der Waals surface area contributed by atoms with Crippen molar-refractivity contribution in [3.63, 3.8) is 0 Å². The van der Waals surface area contributed by atoms with E-state index in [1.54, 1.807) is 0 Å². The maximum absolute atomic E-state index is 5.99. The van der Waals surface area contributed by atoms with Gasteiger partial charge in [-0.3, -0.25) is 0 Å². The minimum Gasteiger partial charge on any atom is -0.352 e. The van der Waals surface area contributed by atoms with Gasteiger partial charge in [-0.15, -0.1) is 0 Å². The van der Waals surface area contributed by atoms with E-state index in [0.717, 1.165) is 24.7 Å². The summed E-state index contributed by atoms with van der Waals surface area (Å²) in [5, 5.41) is 0.818. The van der Waals surface area contributed by atoms with Gasteiger partial charge in [0.1, 0.15) is 0 Å². The molecule has 0 amide bonds. The number of rotatable bonds is 4. The maximum Gasteiger partial charge on any atom is 0.160 e. The Morgan fingerprint density at radius 2 is 1.70 bits per heavy atom. The van der Waals surface area contributed by atoms with E-state index < -0.39 is 0 Å². The van der Waals surface area contributed by atoms with Crippen LogP contribution in [0.4, 0.5) is 0 Å². The van der Waals surface area contributed by atoms with Gasteiger partial charge in [-0.2, -0.15) is 0 Å². The van der Waals surface area contributed by atoms with Crippen molar-refractivity contribution in [3.8, 4) is 0 Å². The second-order valence-electron chi connectivity index (χ2n) is 6.79. The minimum atomic E-state index is 0.00689. The third kappa shape index (κ3) is 4.59. The lowest BCUT2D eigenvalue weighted by atomic mass is 9.78. The Morgan fingerprint density at radius 3 is 2.30 bits per heavy atom. The first kappa shape index (κ1) is 17.0. The third-order valence-corrected chi connectivity index (χ3v) is 5.34. The SMILES string of the molecule is CC/C=C/C1COC(C2CCC(c3ccc(Cl)cc3)CC2)OC1. The van der Waals surface area contributed by atoms with E-state index in [2.05, 4.69) is 31.2 Å². The van der Waals surface area contributed by atoms with E-state index in [4.69, 9.17) is 21.1 Å². The smallest absolute Gasteiger partial charge is 0.160 e. The summed E-state index contributed by atoms with van der Waals surface area (Å²) < 4.78 is 12.0. The van der Waals surface area contributed by atoms with Crippen LogP contribution >= 0.6 is 11.6 Å². The Labute approximate surface area is 144 Å². The fraction of sp³-hybridized carbons (Fsp3) is 0.600. The molecule has 2 fully saturated rings. The van der Waals surface area contributed by atoms with Gasteiger partial charge in [-0.25, -0.2) is 0 Å². The van der Waals surface area contributed by atoms with E-state index in [9.17, 15) is 0 Å². The summed E-state index contributed by atoms with van der Waals surface area (Å²) in [7, 11) is 0. The summed E-state index contributed by atoms with van der Waals surface area (Å²) >= 11 is 5.98. The zero-order valence-electron chi connectivity index (χ0n) is 13.9. The Hall–Kier alpha value is -0.830. The molecule has 1 aromatic rings. The maximum atomic E-state index is 5.99. The van der Waals surface area contributed by atoms with E-state index in [-0.39, 0.29) is 6.29 Å². The van der Waals surface area contributed by atoms with Crippen LogP contribution in [0.1, 0.15) is 50.5 Å². The van der Waals surface area contributed by atoms with Gasteiger partial charge in [0.05, 0.1) is 13.2 Å². The first-order chi connectivity index (χ1) is 11.3. The summed E-state index contributed by atoms with van der Waals surface area (Å²) in [6.07, 6.45) is 10.3. The van der Waals surface area contributed by atoms with Crippen LogP contribution in [0.3, 0.4) is 0 Å². The molecule has 0 unspecified atom stereocenters. The normalized spacial score (nSPS) is 32.3. The predicted octanol–water partition coefficient (Wildman–Crippen LogP) is 5.57. The highest BCUT2D eigenvalue weighted by atomic mass is 35.5. The van der Waals surface area contributed by atoms with Crippen LogP contribution in [-0.4, -0.2) is 19.5 Å². The second kappa shape index (κ2) is 8.32. The average Bonchev–Trinajstić information content (AvgIpc) is 2.61. The van der Waals surface area contributed by atoms with Crippen LogP contribution in [0, 0.1) is 11.8 Å². The van der Waals surface area contributed by atoms with Gasteiger partial charge in [0.15, 0.2) is 6.29 Å². The predicted molar refractivity (Wildman–Crippen MR) is 94.8 cm³/mol. The molecule has 0 atom stereocenters. The van der Waals surface area contributed by atoms with E-state index in [1.165, 1.54) is 31.2 Å². The molecule has 23 heavy (non-hydrogen) atoms. The van der Waals surface area contributed by atoms with E-state index in [1.807, 2.05) is 12.1 Å². The summed E-state index contributed by atoms with van der Waals surface area (Å²) in [5.41, 5.74) is 1.42. The molecule has 2 aliphatic rings. The van der Waals surface area contributed by atoms with Gasteiger partial charge in [0.2, 0.25) is 0 Å². The molecule has 1 aromatic carbocycles. The van der Waals surface area contributed by atoms with Crippen LogP contribution in [0.5, 0.6) is 0 Å². The van der Waals surface area contributed by atoms with Crippen molar-refractivity contribution in [3.05, 3.63) is 47.0 Å². The molecule has 1 aliphatic carbocycles. The molecule has 1 aliphatic heterocycles. The summed E-state index contributed by atoms with van der Waals surface area (Å²) in [4.78, 5) is 0. The zero-order chi connectivity index (χ0) is 16.1. The zero-order valence-corrected chi connectivity index (χ0v) is 14.7. The average molecular weight is 335 g/mol. The molecule has 3 rings (SSSR count). The first-order valence-corrected chi connectivity index (χ1v) is 9.29. The van der Waals surface area contributed by atoms with E-state index in [0.29, 0.717) is 17.8 Å². The fourth-order valence-corrected chi connectivity index (χ4v) is 3.83. The van der Waals surface area contributed by atoms with Gasteiger partial charge >= 0.3 is 0 Å². The van der Waals surface area contributed by atoms with Gasteiger partial charge in [0.25, 0.3) is 0 Å². The molecule has 2 nitrogen and oxygen atoms in total. The van der Waals surface area contributed by atoms with Crippen LogP contribution in [-0.2, 0) is 9.47 Å². The van der Waals surface area contributed by atoms with Crippen LogP contribution in [0.15, 0.2) is 36.4 Å². The van der Waals surface area contributed by atoms with Gasteiger partial charge in [0, 0.05) is 16.9 Å². The molecular weight excluding hydrogens is 308 g/mol. The van der Waals surface area contributed by atoms with Crippen molar-refractivity contribution in [2.45, 2.75) is 51.2 Å². The van der Waals surface area contributed by atoms with Crippen molar-refractivity contribution in [2.24, 2.45) is 11.8 Å². The fourth-order valence-electron chi connectivity index (χ4n) is 3.70. The lowest BCUT2D eigenvalue weighted by Crippen LogP contribution is -2.37. The highest BCUT2D eigenvalue weighted by Crippen LogP contribution is 2.39. The van der Waals surface area contributed by atoms with Crippen molar-refractivity contribution in [1.82, 2.24) is 0 Å². The standard InChI is InChI=1S/C20H27ClO2/c1-2-3-4-15-13-22-20(23-14-15)18-7-5-16(6-8-18)17-9-11-19(21)12-10-17/h3-4,9-12,15-16,18,20H,2,5-8,13-14H2,1H3/b4-3+. The van der Waals surface area contributed by atoms with E-state index >= 15 is 0 Å². The number of halogens is 1. The van der Waals surface area contributed by atoms with Gasteiger partial charge in [-0.05, 0) is 55.7 Å². The highest BCUT2D eigenvalue weighted by molar-refractivity contribution is 6.30. The molecule has 126 valence electrons. The molecule has 1 saturated heterocycles. The molecule has 0 N–H and O–H groups in total. The second-order valence-corrected chi connectivity index (χ2v) is 7.23. The topological polar surface area (TPSA) is 18.5 Å². The third-order valence-electron chi connectivity index (χ3n) is 5.09. The summed E-state index contributed by atoms with van der Waals surface area (Å²) in [5.74, 6) is 1.64. The Kier molecular flexibility index (Phi) is 6.15. The number of hydrogen-bond acceptors (Lipinski definition) is 2. The van der Waals surface area contributed by atoms with Crippen LogP contribution in [0.2, 0.25) is 5.02 Å². The largest absolute Gasteiger partial charge is 0.352 e. The van der Waals surface area contributed by atoms with Gasteiger partial charge < -0.3 is 9.47 Å². The Morgan fingerprint density at radius 1 is 1.04 bits per heavy atom. The summed E-state index contributed by atoms with van der Waals surface area (Å²) in [6, 6.07) is 8.35. The number of ether oxygens (including phenoxy) is 2. The molecular formula is C20H27ClO2. The van der Waals surface area contributed by atoms with Crippen molar-refractivity contribution in [1.29, 1.82) is 0 Å². The molecule has 1 saturated carbocycles. The number of benzene rings is 1. The molecule has 0 bridgehead atoms. The van der Waals surface area contributed by atoms with Crippen molar-refractivity contribution >= 4 is 11.6 Å². The van der Waals surface area contributed by atoms with Crippen LogP contribution < -0.4 is 0 Å². The minimum absolute atomic E-state index is 0.00689. The Bertz CT molecular complexity index is 495.